The monoisotopic (exact) mass is 168 g/mol. The highest BCUT2D eigenvalue weighted by atomic mass is 16.5. The van der Waals surface area contributed by atoms with Gasteiger partial charge in [0.05, 0.1) is 14.9 Å². The van der Waals surface area contributed by atoms with Crippen molar-refractivity contribution in [3.63, 3.8) is 0 Å². The first-order chi connectivity index (χ1) is 6.13. The summed E-state index contributed by atoms with van der Waals surface area (Å²) in [5, 5.41) is 8.99. The molecule has 0 atom stereocenters. The number of rotatable bonds is 2. The number of methoxy groups -OCH3 is 1. The molecular formula is C9H10O3. The predicted molar refractivity (Wildman–Crippen MR) is 43.8 cm³/mol. The van der Waals surface area contributed by atoms with Crippen LogP contribution in [0.3, 0.4) is 0 Å². The average molecular weight is 168 g/mol. The topological polar surface area (TPSA) is 46.5 Å². The third-order valence-corrected chi connectivity index (χ3v) is 1.42. The molecule has 12 heavy (non-hydrogen) atoms. The lowest BCUT2D eigenvalue weighted by Gasteiger charge is -1.99. The lowest BCUT2D eigenvalue weighted by atomic mass is 10.1. The second-order valence-corrected chi connectivity index (χ2v) is 2.33. The van der Waals surface area contributed by atoms with Crippen molar-refractivity contribution in [1.82, 2.24) is 0 Å². The van der Waals surface area contributed by atoms with Crippen molar-refractivity contribution in [2.45, 2.75) is 6.42 Å². The van der Waals surface area contributed by atoms with Crippen LogP contribution in [0.15, 0.2) is 24.2 Å². The van der Waals surface area contributed by atoms with Gasteiger partial charge >= 0.3 is 5.97 Å². The number of hydrogen-bond acceptors (Lipinski definition) is 3. The van der Waals surface area contributed by atoms with Crippen LogP contribution < -0.4 is 0 Å². The second kappa shape index (κ2) is 3.76. The Hall–Kier alpha value is -1.51. The van der Waals surface area contributed by atoms with E-state index in [9.17, 15) is 4.79 Å². The van der Waals surface area contributed by atoms with E-state index < -0.39 is 0 Å². The molecule has 1 rings (SSSR count). The Balaban J connectivity index is 2.83. The normalized spacial score (nSPS) is 10.6. The largest absolute Gasteiger partial charge is 0.508 e. The Morgan fingerprint density at radius 2 is 2.42 bits per heavy atom. The molecule has 1 aromatic carbocycles. The molecular weight excluding hydrogens is 156 g/mol. The maximum absolute atomic E-state index is 10.9. The minimum absolute atomic E-state index is 0.0265. The van der Waals surface area contributed by atoms with Gasteiger partial charge in [-0.05, 0) is 17.7 Å². The van der Waals surface area contributed by atoms with Gasteiger partial charge in [-0.3, -0.25) is 4.79 Å². The van der Waals surface area contributed by atoms with Gasteiger partial charge in [-0.1, -0.05) is 12.1 Å². The Morgan fingerprint density at radius 3 is 3.00 bits per heavy atom. The molecule has 3 heteroatoms. The van der Waals surface area contributed by atoms with Crippen LogP contribution in [0.5, 0.6) is 5.75 Å². The molecule has 0 radical (unpaired) electrons. The highest BCUT2D eigenvalue weighted by Crippen LogP contribution is 2.10. The van der Waals surface area contributed by atoms with Crippen LogP contribution in [-0.4, -0.2) is 18.2 Å². The molecule has 0 spiro atoms. The molecule has 0 aliphatic heterocycles. The summed E-state index contributed by atoms with van der Waals surface area (Å²) >= 11 is 0. The smallest absolute Gasteiger partial charge is 0.309 e. The van der Waals surface area contributed by atoms with Gasteiger partial charge in [-0.15, -0.1) is 0 Å². The molecule has 0 bridgehead atoms. The van der Waals surface area contributed by atoms with E-state index in [1.807, 2.05) is 0 Å². The van der Waals surface area contributed by atoms with Gasteiger partial charge in [0.2, 0.25) is 0 Å². The van der Waals surface area contributed by atoms with Gasteiger partial charge in [0, 0.05) is 0 Å². The van der Waals surface area contributed by atoms with Gasteiger partial charge < -0.3 is 9.84 Å². The van der Waals surface area contributed by atoms with E-state index in [0.717, 1.165) is 0 Å². The molecule has 0 saturated carbocycles. The van der Waals surface area contributed by atoms with E-state index >= 15 is 0 Å². The number of carbonyl (C=O) groups excluding carboxylic acids is 1. The van der Waals surface area contributed by atoms with E-state index in [4.69, 9.17) is 6.48 Å². The molecule has 64 valence electrons. The molecule has 0 heterocycles. The second-order valence-electron chi connectivity index (χ2n) is 2.33. The van der Waals surface area contributed by atoms with E-state index in [0.29, 0.717) is 5.56 Å². The first-order valence-electron chi connectivity index (χ1n) is 3.99. The van der Waals surface area contributed by atoms with Crippen LogP contribution in [0.25, 0.3) is 0 Å². The number of ether oxygens (including phenoxy) is 1. The Bertz CT molecular complexity index is 323. The molecule has 0 aromatic heterocycles. The zero-order chi connectivity index (χ0) is 9.84. The predicted octanol–water partition coefficient (Wildman–Crippen LogP) is 1.11. The standard InChI is InChI=1S/C9H10O3/c1-12-9(11)6-7-2-4-8(10)5-3-7/h2-5,10H,6H2,1H3/i2T. The van der Waals surface area contributed by atoms with Gasteiger partial charge in [0.15, 0.2) is 0 Å². The Kier molecular flexibility index (Phi) is 2.24. The number of phenolic OH excluding ortho intramolecular Hbond substituents is 1. The van der Waals surface area contributed by atoms with Crippen molar-refractivity contribution >= 4 is 5.97 Å². The van der Waals surface area contributed by atoms with Crippen LogP contribution in [0.4, 0.5) is 0 Å². The highest BCUT2D eigenvalue weighted by Gasteiger charge is 2.01. The molecule has 1 N–H and O–H groups in total. The maximum atomic E-state index is 10.9. The number of benzene rings is 1. The number of aromatic hydroxyl groups is 1. The molecule has 0 unspecified atom stereocenters. The lowest BCUT2D eigenvalue weighted by Crippen LogP contribution is -2.03. The molecule has 1 aromatic rings. The molecule has 0 amide bonds. The fraction of sp³-hybridized carbons (Fsp3) is 0.222. The minimum Gasteiger partial charge on any atom is -0.508 e. The van der Waals surface area contributed by atoms with Crippen molar-refractivity contribution < 1.29 is 16.0 Å². The van der Waals surface area contributed by atoms with E-state index in [-0.39, 0.29) is 24.2 Å². The van der Waals surface area contributed by atoms with Crippen molar-refractivity contribution in [3.05, 3.63) is 29.8 Å². The van der Waals surface area contributed by atoms with Crippen LogP contribution >= 0.6 is 0 Å². The van der Waals surface area contributed by atoms with Crippen molar-refractivity contribution in [2.75, 3.05) is 7.11 Å². The fourth-order valence-electron chi connectivity index (χ4n) is 0.786. The van der Waals surface area contributed by atoms with E-state index in [1.54, 1.807) is 0 Å². The fourth-order valence-corrected chi connectivity index (χ4v) is 0.786. The highest BCUT2D eigenvalue weighted by molar-refractivity contribution is 5.72. The third-order valence-electron chi connectivity index (χ3n) is 1.42. The van der Waals surface area contributed by atoms with Gasteiger partial charge in [-0.2, -0.15) is 0 Å². The minimum atomic E-state index is -0.390. The summed E-state index contributed by atoms with van der Waals surface area (Å²) in [6.07, 6.45) is 0.0651. The summed E-state index contributed by atoms with van der Waals surface area (Å²) < 4.78 is 11.9. The van der Waals surface area contributed by atoms with Crippen LogP contribution in [-0.2, 0) is 16.0 Å². The SMILES string of the molecule is [3H]c1cc(O)ccc1CC(=O)OC. The number of carbonyl (C=O) groups is 1. The average Bonchev–Trinajstić information content (AvgIpc) is 2.09. The summed E-state index contributed by atoms with van der Waals surface area (Å²) in [5.41, 5.74) is 0.546. The van der Waals surface area contributed by atoms with E-state index in [1.165, 1.54) is 25.3 Å². The zero-order valence-electron chi connectivity index (χ0n) is 7.70. The quantitative estimate of drug-likeness (QED) is 0.673. The van der Waals surface area contributed by atoms with Crippen LogP contribution in [0.1, 0.15) is 6.93 Å². The van der Waals surface area contributed by atoms with Crippen LogP contribution in [0, 0.1) is 0 Å². The van der Waals surface area contributed by atoms with Gasteiger partial charge in [0.25, 0.3) is 0 Å². The van der Waals surface area contributed by atoms with Crippen molar-refractivity contribution in [3.8, 4) is 5.75 Å². The summed E-state index contributed by atoms with van der Waals surface area (Å²) in [6.45, 7) is 0. The first kappa shape index (κ1) is 7.16. The lowest BCUT2D eigenvalue weighted by molar-refractivity contribution is -0.139. The number of hydrogen-bond donors (Lipinski definition) is 1. The maximum Gasteiger partial charge on any atom is 0.309 e. The van der Waals surface area contributed by atoms with Crippen molar-refractivity contribution in [1.29, 1.82) is 0 Å². The van der Waals surface area contributed by atoms with Crippen LogP contribution in [0.2, 0.25) is 0 Å². The molecule has 3 nitrogen and oxygen atoms in total. The van der Waals surface area contributed by atoms with Gasteiger partial charge in [0.1, 0.15) is 5.75 Å². The summed E-state index contributed by atoms with van der Waals surface area (Å²) in [7, 11) is 1.30. The number of phenols is 1. The third kappa shape index (κ3) is 2.27. The molecule has 0 aliphatic carbocycles. The molecule has 0 fully saturated rings. The Labute approximate surface area is 72.0 Å². The first-order valence-corrected chi connectivity index (χ1v) is 3.49. The summed E-state index contributed by atoms with van der Waals surface area (Å²) in [6, 6.07) is 4.41. The van der Waals surface area contributed by atoms with Crippen molar-refractivity contribution in [2.24, 2.45) is 0 Å². The van der Waals surface area contributed by atoms with Gasteiger partial charge in [-0.25, -0.2) is 0 Å². The summed E-state index contributed by atoms with van der Waals surface area (Å²) in [5.74, 6) is -0.363. The summed E-state index contributed by atoms with van der Waals surface area (Å²) in [4.78, 5) is 10.9. The molecule has 0 aliphatic rings. The zero-order valence-corrected chi connectivity index (χ0v) is 6.70. The Morgan fingerprint density at radius 1 is 1.67 bits per heavy atom. The van der Waals surface area contributed by atoms with E-state index in [2.05, 4.69) is 4.74 Å². The molecule has 0 saturated heterocycles. The number of esters is 1.